The smallest absolute Gasteiger partial charge is 0.185 e. The van der Waals surface area contributed by atoms with E-state index < -0.39 is 0 Å². The van der Waals surface area contributed by atoms with Crippen LogP contribution in [0, 0.1) is 0 Å². The van der Waals surface area contributed by atoms with Crippen LogP contribution >= 0.6 is 0 Å². The number of nitrogens with zero attached hydrogens (tertiary/aromatic N) is 2. The van der Waals surface area contributed by atoms with E-state index in [9.17, 15) is 4.79 Å². The first kappa shape index (κ1) is 16.6. The number of aliphatic imine (C=N–C) groups is 1. The third-order valence-electron chi connectivity index (χ3n) is 3.94. The quantitative estimate of drug-likeness (QED) is 0.314. The molecule has 5 heteroatoms. The standard InChI is InChI=1S/C20H20N4O/c21-20(22)23-12-6-11-19(25)16-13-18(14-7-2-1-3-8-14)24-17-10-5-4-9-15(16)17/h1-5,7-10,13H,6,11-12H2,(H4,21,22,23). The number of fused-ring (bicyclic) bond motifs is 1. The molecule has 0 unspecified atom stereocenters. The second kappa shape index (κ2) is 7.57. The van der Waals surface area contributed by atoms with Crippen molar-refractivity contribution >= 4 is 22.6 Å². The summed E-state index contributed by atoms with van der Waals surface area (Å²) in [6.45, 7) is 0.447. The minimum Gasteiger partial charge on any atom is -0.370 e. The number of benzene rings is 2. The Balaban J connectivity index is 1.95. The van der Waals surface area contributed by atoms with Crippen LogP contribution in [0.25, 0.3) is 22.2 Å². The van der Waals surface area contributed by atoms with E-state index in [1.165, 1.54) is 0 Å². The van der Waals surface area contributed by atoms with E-state index >= 15 is 0 Å². The van der Waals surface area contributed by atoms with Gasteiger partial charge in [0.05, 0.1) is 11.2 Å². The van der Waals surface area contributed by atoms with Gasteiger partial charge in [-0.15, -0.1) is 0 Å². The Kier molecular flexibility index (Phi) is 5.04. The fraction of sp³-hybridized carbons (Fsp3) is 0.150. The largest absolute Gasteiger partial charge is 0.370 e. The van der Waals surface area contributed by atoms with E-state index in [0.29, 0.717) is 24.9 Å². The van der Waals surface area contributed by atoms with Crippen molar-refractivity contribution in [1.29, 1.82) is 0 Å². The lowest BCUT2D eigenvalue weighted by Crippen LogP contribution is -2.23. The fourth-order valence-corrected chi connectivity index (χ4v) is 2.75. The SMILES string of the molecule is NC(N)=NCCCC(=O)c1cc(-c2ccccc2)nc2ccccc12. The number of hydrogen-bond donors (Lipinski definition) is 2. The topological polar surface area (TPSA) is 94.4 Å². The molecule has 0 atom stereocenters. The van der Waals surface area contributed by atoms with E-state index in [1.807, 2.05) is 60.7 Å². The Morgan fingerprint density at radius 1 is 1.00 bits per heavy atom. The summed E-state index contributed by atoms with van der Waals surface area (Å²) in [7, 11) is 0. The van der Waals surface area contributed by atoms with Crippen LogP contribution in [-0.2, 0) is 0 Å². The van der Waals surface area contributed by atoms with Crippen molar-refractivity contribution in [3.8, 4) is 11.3 Å². The van der Waals surface area contributed by atoms with Gasteiger partial charge in [0.15, 0.2) is 11.7 Å². The molecule has 0 radical (unpaired) electrons. The maximum atomic E-state index is 12.7. The second-order valence-electron chi connectivity index (χ2n) is 5.77. The molecule has 5 nitrogen and oxygen atoms in total. The predicted molar refractivity (Wildman–Crippen MR) is 101 cm³/mol. The van der Waals surface area contributed by atoms with Crippen molar-refractivity contribution in [2.24, 2.45) is 16.5 Å². The molecule has 25 heavy (non-hydrogen) atoms. The van der Waals surface area contributed by atoms with Gasteiger partial charge in [0, 0.05) is 29.5 Å². The van der Waals surface area contributed by atoms with Crippen LogP contribution in [0.4, 0.5) is 0 Å². The molecule has 0 spiro atoms. The normalized spacial score (nSPS) is 10.6. The molecule has 0 aliphatic heterocycles. The summed E-state index contributed by atoms with van der Waals surface area (Å²) in [5.74, 6) is 0.120. The Bertz CT molecular complexity index is 915. The van der Waals surface area contributed by atoms with E-state index in [2.05, 4.69) is 4.99 Å². The molecule has 4 N–H and O–H groups in total. The van der Waals surface area contributed by atoms with Crippen LogP contribution in [0.1, 0.15) is 23.2 Å². The molecule has 2 aromatic carbocycles. The molecule has 3 aromatic rings. The second-order valence-corrected chi connectivity index (χ2v) is 5.77. The molecule has 1 heterocycles. The molecular formula is C20H20N4O. The molecule has 3 rings (SSSR count). The molecular weight excluding hydrogens is 312 g/mol. The van der Waals surface area contributed by atoms with Crippen LogP contribution in [0.2, 0.25) is 0 Å². The van der Waals surface area contributed by atoms with Crippen LogP contribution in [0.3, 0.4) is 0 Å². The van der Waals surface area contributed by atoms with Crippen molar-refractivity contribution in [3.05, 3.63) is 66.2 Å². The van der Waals surface area contributed by atoms with Gasteiger partial charge in [-0.2, -0.15) is 0 Å². The molecule has 0 saturated heterocycles. The lowest BCUT2D eigenvalue weighted by molar-refractivity contribution is 0.0982. The lowest BCUT2D eigenvalue weighted by atomic mass is 9.99. The predicted octanol–water partition coefficient (Wildman–Crippen LogP) is 3.14. The fourth-order valence-electron chi connectivity index (χ4n) is 2.75. The average Bonchev–Trinajstić information content (AvgIpc) is 2.64. The zero-order valence-electron chi connectivity index (χ0n) is 13.9. The Morgan fingerprint density at radius 3 is 2.48 bits per heavy atom. The minimum absolute atomic E-state index is 0.0492. The number of carbonyl (C=O) groups is 1. The third kappa shape index (κ3) is 4.01. The Labute approximate surface area is 146 Å². The summed E-state index contributed by atoms with van der Waals surface area (Å²) in [5, 5.41) is 0.869. The van der Waals surface area contributed by atoms with Gasteiger partial charge in [0.2, 0.25) is 0 Å². The Morgan fingerprint density at radius 2 is 1.72 bits per heavy atom. The minimum atomic E-state index is 0.0492. The maximum absolute atomic E-state index is 12.7. The highest BCUT2D eigenvalue weighted by Gasteiger charge is 2.13. The van der Waals surface area contributed by atoms with Gasteiger partial charge in [0.1, 0.15) is 0 Å². The highest BCUT2D eigenvalue weighted by atomic mass is 16.1. The lowest BCUT2D eigenvalue weighted by Gasteiger charge is -2.09. The van der Waals surface area contributed by atoms with Gasteiger partial charge in [-0.1, -0.05) is 48.5 Å². The summed E-state index contributed by atoms with van der Waals surface area (Å²) < 4.78 is 0. The van der Waals surface area contributed by atoms with Gasteiger partial charge in [-0.3, -0.25) is 9.79 Å². The zero-order valence-corrected chi connectivity index (χ0v) is 13.9. The molecule has 0 aliphatic rings. The third-order valence-corrected chi connectivity index (χ3v) is 3.94. The number of pyridine rings is 1. The monoisotopic (exact) mass is 332 g/mol. The van der Waals surface area contributed by atoms with Gasteiger partial charge >= 0.3 is 0 Å². The number of nitrogens with two attached hydrogens (primary N) is 2. The van der Waals surface area contributed by atoms with Crippen molar-refractivity contribution in [2.45, 2.75) is 12.8 Å². The van der Waals surface area contributed by atoms with Gasteiger partial charge in [-0.25, -0.2) is 4.98 Å². The number of Topliss-reactive ketones (excluding diaryl/α,β-unsaturated/α-hetero) is 1. The maximum Gasteiger partial charge on any atom is 0.185 e. The molecule has 126 valence electrons. The summed E-state index contributed by atoms with van der Waals surface area (Å²) >= 11 is 0. The molecule has 0 saturated carbocycles. The van der Waals surface area contributed by atoms with E-state index in [4.69, 9.17) is 16.5 Å². The van der Waals surface area contributed by atoms with E-state index in [-0.39, 0.29) is 11.7 Å². The van der Waals surface area contributed by atoms with Crippen molar-refractivity contribution < 1.29 is 4.79 Å². The first-order chi connectivity index (χ1) is 12.1. The number of ketones is 1. The first-order valence-electron chi connectivity index (χ1n) is 8.19. The highest BCUT2D eigenvalue weighted by molar-refractivity contribution is 6.08. The molecule has 0 fully saturated rings. The number of hydrogen-bond acceptors (Lipinski definition) is 3. The number of guanidine groups is 1. The van der Waals surface area contributed by atoms with Crippen LogP contribution in [0.5, 0.6) is 0 Å². The summed E-state index contributed by atoms with van der Waals surface area (Å²) in [5.41, 5.74) is 13.9. The zero-order chi connectivity index (χ0) is 17.6. The van der Waals surface area contributed by atoms with E-state index in [1.54, 1.807) is 0 Å². The van der Waals surface area contributed by atoms with Crippen molar-refractivity contribution in [3.63, 3.8) is 0 Å². The number of rotatable bonds is 6. The van der Waals surface area contributed by atoms with Crippen LogP contribution in [-0.4, -0.2) is 23.3 Å². The Hall–Kier alpha value is -3.21. The average molecular weight is 332 g/mol. The van der Waals surface area contributed by atoms with Gasteiger partial charge < -0.3 is 11.5 Å². The molecule has 1 aromatic heterocycles. The molecule has 0 amide bonds. The summed E-state index contributed by atoms with van der Waals surface area (Å²) in [6, 6.07) is 19.4. The van der Waals surface area contributed by atoms with Crippen molar-refractivity contribution in [2.75, 3.05) is 6.54 Å². The summed E-state index contributed by atoms with van der Waals surface area (Å²) in [4.78, 5) is 21.4. The van der Waals surface area contributed by atoms with Crippen LogP contribution in [0.15, 0.2) is 65.7 Å². The van der Waals surface area contributed by atoms with Gasteiger partial charge in [0.25, 0.3) is 0 Å². The van der Waals surface area contributed by atoms with Gasteiger partial charge in [-0.05, 0) is 18.6 Å². The molecule has 0 aliphatic carbocycles. The highest BCUT2D eigenvalue weighted by Crippen LogP contribution is 2.25. The van der Waals surface area contributed by atoms with E-state index in [0.717, 1.165) is 22.2 Å². The number of para-hydroxylation sites is 1. The van der Waals surface area contributed by atoms with Crippen LogP contribution < -0.4 is 11.5 Å². The summed E-state index contributed by atoms with van der Waals surface area (Å²) in [6.07, 6.45) is 0.993. The van der Waals surface area contributed by atoms with Crippen molar-refractivity contribution in [1.82, 2.24) is 4.98 Å². The number of aromatic nitrogens is 1. The first-order valence-corrected chi connectivity index (χ1v) is 8.19. The molecule has 0 bridgehead atoms. The number of carbonyl (C=O) groups excluding carboxylic acids is 1.